The number of aromatic nitrogens is 1. The molecule has 1 atom stereocenters. The van der Waals surface area contributed by atoms with Gasteiger partial charge in [-0.2, -0.15) is 0 Å². The summed E-state index contributed by atoms with van der Waals surface area (Å²) in [6.07, 6.45) is 4.62. The van der Waals surface area contributed by atoms with Crippen LogP contribution in [0.4, 0.5) is 10.2 Å². The molecule has 20 heavy (non-hydrogen) atoms. The van der Waals surface area contributed by atoms with E-state index < -0.39 is 11.8 Å². The first kappa shape index (κ1) is 18.6. The van der Waals surface area contributed by atoms with Crippen molar-refractivity contribution in [3.05, 3.63) is 29.7 Å². The fourth-order valence-electron chi connectivity index (χ4n) is 1.79. The summed E-state index contributed by atoms with van der Waals surface area (Å²) < 4.78 is 13.7. The second kappa shape index (κ2) is 8.73. The average Bonchev–Trinajstić information content (AvgIpc) is 2.82. The highest BCUT2D eigenvalue weighted by Crippen LogP contribution is 2.15. The molecule has 0 bridgehead atoms. The first-order chi connectivity index (χ1) is 8.65. The fraction of sp³-hybridized carbons (Fsp3) is 0.333. The minimum Gasteiger partial charge on any atom is -0.478 e. The van der Waals surface area contributed by atoms with Gasteiger partial charge in [-0.05, 0) is 30.7 Å². The molecule has 2 heterocycles. The maximum atomic E-state index is 13.7. The van der Waals surface area contributed by atoms with Gasteiger partial charge in [0.25, 0.3) is 0 Å². The third-order valence-electron chi connectivity index (χ3n) is 2.68. The number of carboxylic acid groups (broad SMARTS) is 1. The number of carboxylic acids is 1. The van der Waals surface area contributed by atoms with Crippen LogP contribution in [0.25, 0.3) is 6.08 Å². The van der Waals surface area contributed by atoms with Crippen LogP contribution in [0.3, 0.4) is 0 Å². The van der Waals surface area contributed by atoms with Crippen molar-refractivity contribution in [1.29, 1.82) is 0 Å². The summed E-state index contributed by atoms with van der Waals surface area (Å²) in [6.45, 7) is 1.71. The van der Waals surface area contributed by atoms with Crippen molar-refractivity contribution in [2.45, 2.75) is 12.5 Å². The standard InChI is InChI=1S/C12H14FN3O2.2ClH/c13-10-5-8(1-2-11(17)18)6-15-12(10)16-9-3-4-14-7-9;;/h1-2,5-6,9,14H,3-4,7H2,(H,15,16)(H,17,18);2*1H/t9-;;/m1../s1. The highest BCUT2D eigenvalue weighted by molar-refractivity contribution is 5.86. The Bertz CT molecular complexity index is 480. The van der Waals surface area contributed by atoms with Gasteiger partial charge >= 0.3 is 5.97 Å². The molecule has 2 rings (SSSR count). The van der Waals surface area contributed by atoms with Crippen molar-refractivity contribution in [1.82, 2.24) is 10.3 Å². The Kier molecular flexibility index (Phi) is 8.13. The van der Waals surface area contributed by atoms with E-state index in [1.165, 1.54) is 18.3 Å². The van der Waals surface area contributed by atoms with Gasteiger partial charge in [0.05, 0.1) is 0 Å². The van der Waals surface area contributed by atoms with Crippen molar-refractivity contribution in [2.75, 3.05) is 18.4 Å². The lowest BCUT2D eigenvalue weighted by Gasteiger charge is -2.12. The number of nitrogens with zero attached hydrogens (tertiary/aromatic N) is 1. The SMILES string of the molecule is Cl.Cl.O=C(O)C=Cc1cnc(N[C@@H]2CCNC2)c(F)c1. The summed E-state index contributed by atoms with van der Waals surface area (Å²) in [5.74, 6) is -1.35. The molecule has 0 unspecified atom stereocenters. The third kappa shape index (κ3) is 5.32. The number of nitrogens with one attached hydrogen (secondary N) is 2. The molecule has 0 amide bonds. The molecule has 8 heteroatoms. The predicted octanol–water partition coefficient (Wildman–Crippen LogP) is 1.94. The minimum absolute atomic E-state index is 0. The number of carbonyl (C=O) groups is 1. The Labute approximate surface area is 128 Å². The van der Waals surface area contributed by atoms with Gasteiger partial charge in [-0.3, -0.25) is 0 Å². The number of rotatable bonds is 4. The van der Waals surface area contributed by atoms with Crippen LogP contribution in [0.15, 0.2) is 18.3 Å². The number of hydrogen-bond acceptors (Lipinski definition) is 4. The van der Waals surface area contributed by atoms with Gasteiger partial charge in [-0.15, -0.1) is 24.8 Å². The Morgan fingerprint density at radius 1 is 1.55 bits per heavy atom. The molecule has 1 saturated heterocycles. The van der Waals surface area contributed by atoms with Gasteiger partial charge in [-0.1, -0.05) is 0 Å². The second-order valence-electron chi connectivity index (χ2n) is 4.10. The Morgan fingerprint density at radius 2 is 2.30 bits per heavy atom. The molecule has 1 aliphatic heterocycles. The summed E-state index contributed by atoms with van der Waals surface area (Å²) in [7, 11) is 0. The average molecular weight is 324 g/mol. The number of anilines is 1. The van der Waals surface area contributed by atoms with Gasteiger partial charge < -0.3 is 15.7 Å². The molecule has 0 radical (unpaired) electrons. The van der Waals surface area contributed by atoms with E-state index in [2.05, 4.69) is 15.6 Å². The highest BCUT2D eigenvalue weighted by Gasteiger charge is 2.16. The van der Waals surface area contributed by atoms with E-state index >= 15 is 0 Å². The number of aliphatic carboxylic acids is 1. The fourth-order valence-corrected chi connectivity index (χ4v) is 1.79. The lowest BCUT2D eigenvalue weighted by Crippen LogP contribution is -2.23. The van der Waals surface area contributed by atoms with E-state index in [0.717, 1.165) is 25.6 Å². The summed E-state index contributed by atoms with van der Waals surface area (Å²) >= 11 is 0. The Balaban J connectivity index is 0.00000180. The lowest BCUT2D eigenvalue weighted by molar-refractivity contribution is -0.131. The van der Waals surface area contributed by atoms with E-state index in [-0.39, 0.29) is 36.7 Å². The van der Waals surface area contributed by atoms with Crippen LogP contribution >= 0.6 is 24.8 Å². The molecular weight excluding hydrogens is 308 g/mol. The van der Waals surface area contributed by atoms with Crippen LogP contribution in [0.5, 0.6) is 0 Å². The van der Waals surface area contributed by atoms with E-state index in [9.17, 15) is 9.18 Å². The number of halogens is 3. The zero-order chi connectivity index (χ0) is 13.0. The quantitative estimate of drug-likeness (QED) is 0.738. The zero-order valence-corrected chi connectivity index (χ0v) is 12.1. The van der Waals surface area contributed by atoms with Crippen LogP contribution < -0.4 is 10.6 Å². The van der Waals surface area contributed by atoms with Crippen LogP contribution in [0.2, 0.25) is 0 Å². The van der Waals surface area contributed by atoms with Crippen LogP contribution in [0, 0.1) is 5.82 Å². The van der Waals surface area contributed by atoms with Gasteiger partial charge in [0.2, 0.25) is 0 Å². The molecule has 1 aromatic rings. The summed E-state index contributed by atoms with van der Waals surface area (Å²) in [6, 6.07) is 1.45. The van der Waals surface area contributed by atoms with Crippen molar-refractivity contribution < 1.29 is 14.3 Å². The lowest BCUT2D eigenvalue weighted by atomic mass is 10.2. The predicted molar refractivity (Wildman–Crippen MR) is 80.3 cm³/mol. The molecule has 1 aliphatic rings. The molecule has 112 valence electrons. The zero-order valence-electron chi connectivity index (χ0n) is 10.5. The Morgan fingerprint density at radius 3 is 2.85 bits per heavy atom. The first-order valence-electron chi connectivity index (χ1n) is 5.69. The normalized spacial score (nSPS) is 17.4. The van der Waals surface area contributed by atoms with Gasteiger partial charge in [0, 0.05) is 24.9 Å². The largest absolute Gasteiger partial charge is 0.478 e. The van der Waals surface area contributed by atoms with E-state index in [0.29, 0.717) is 5.56 Å². The molecular formula is C12H16Cl2FN3O2. The summed E-state index contributed by atoms with van der Waals surface area (Å²) in [5, 5.41) is 14.6. The monoisotopic (exact) mass is 323 g/mol. The van der Waals surface area contributed by atoms with Crippen LogP contribution in [-0.2, 0) is 4.79 Å². The molecule has 3 N–H and O–H groups in total. The van der Waals surface area contributed by atoms with Crippen molar-refractivity contribution in [2.24, 2.45) is 0 Å². The minimum atomic E-state index is -1.07. The molecule has 0 saturated carbocycles. The van der Waals surface area contributed by atoms with Crippen molar-refractivity contribution in [3.8, 4) is 0 Å². The number of hydrogen-bond donors (Lipinski definition) is 3. The second-order valence-corrected chi connectivity index (χ2v) is 4.10. The Hall–Kier alpha value is -1.37. The molecule has 0 aromatic carbocycles. The third-order valence-corrected chi connectivity index (χ3v) is 2.68. The van der Waals surface area contributed by atoms with E-state index in [1.54, 1.807) is 0 Å². The number of pyridine rings is 1. The topological polar surface area (TPSA) is 74.2 Å². The van der Waals surface area contributed by atoms with Crippen molar-refractivity contribution >= 4 is 42.7 Å². The van der Waals surface area contributed by atoms with E-state index in [1.807, 2.05) is 0 Å². The maximum absolute atomic E-state index is 13.7. The first-order valence-corrected chi connectivity index (χ1v) is 5.69. The molecule has 5 nitrogen and oxygen atoms in total. The highest BCUT2D eigenvalue weighted by atomic mass is 35.5. The van der Waals surface area contributed by atoms with Gasteiger partial charge in [0.15, 0.2) is 11.6 Å². The molecule has 0 aliphatic carbocycles. The van der Waals surface area contributed by atoms with Crippen LogP contribution in [0.1, 0.15) is 12.0 Å². The smallest absolute Gasteiger partial charge is 0.328 e. The molecule has 0 spiro atoms. The summed E-state index contributed by atoms with van der Waals surface area (Å²) in [5.41, 5.74) is 0.421. The maximum Gasteiger partial charge on any atom is 0.328 e. The van der Waals surface area contributed by atoms with Crippen LogP contribution in [-0.4, -0.2) is 35.2 Å². The van der Waals surface area contributed by atoms with Crippen molar-refractivity contribution in [3.63, 3.8) is 0 Å². The molecule has 1 aromatic heterocycles. The van der Waals surface area contributed by atoms with E-state index in [4.69, 9.17) is 5.11 Å². The summed E-state index contributed by atoms with van der Waals surface area (Å²) in [4.78, 5) is 14.3. The van der Waals surface area contributed by atoms with Gasteiger partial charge in [-0.25, -0.2) is 14.2 Å². The molecule has 1 fully saturated rings. The van der Waals surface area contributed by atoms with Gasteiger partial charge in [0.1, 0.15) is 0 Å².